The van der Waals surface area contributed by atoms with Crippen LogP contribution in [-0.4, -0.2) is 10.7 Å². The van der Waals surface area contributed by atoms with Crippen molar-refractivity contribution in [2.45, 2.75) is 38.9 Å². The molecule has 2 nitrogen and oxygen atoms in total. The number of rotatable bonds is 1. The van der Waals surface area contributed by atoms with Crippen LogP contribution in [0.25, 0.3) is 0 Å². The number of aliphatic hydroxyl groups excluding tert-OH is 1. The number of fused-ring (bicyclic) bond motifs is 1. The number of benzene rings is 1. The summed E-state index contributed by atoms with van der Waals surface area (Å²) in [7, 11) is 0. The highest BCUT2D eigenvalue weighted by molar-refractivity contribution is 9.10. The molecule has 1 aromatic carbocycles. The molecule has 1 N–H and O–H groups in total. The lowest BCUT2D eigenvalue weighted by molar-refractivity contribution is -0.0322. The average molecular weight is 285 g/mol. The van der Waals surface area contributed by atoms with Gasteiger partial charge in [-0.15, -0.1) is 0 Å². The van der Waals surface area contributed by atoms with Crippen molar-refractivity contribution >= 4 is 15.9 Å². The first-order valence-electron chi connectivity index (χ1n) is 5.59. The van der Waals surface area contributed by atoms with E-state index in [4.69, 9.17) is 4.74 Å². The first-order valence-corrected chi connectivity index (χ1v) is 6.38. The van der Waals surface area contributed by atoms with Gasteiger partial charge < -0.3 is 9.84 Å². The smallest absolute Gasteiger partial charge is 0.127 e. The van der Waals surface area contributed by atoms with Crippen molar-refractivity contribution in [2.75, 3.05) is 0 Å². The second-order valence-corrected chi connectivity index (χ2v) is 5.89. The van der Waals surface area contributed by atoms with Crippen molar-refractivity contribution in [3.63, 3.8) is 0 Å². The van der Waals surface area contributed by atoms with Crippen molar-refractivity contribution in [1.82, 2.24) is 0 Å². The third kappa shape index (κ3) is 1.98. The molecule has 88 valence electrons. The van der Waals surface area contributed by atoms with E-state index >= 15 is 0 Å². The lowest BCUT2D eigenvalue weighted by Gasteiger charge is -2.41. The fraction of sp³-hybridized carbons (Fsp3) is 0.538. The highest BCUT2D eigenvalue weighted by Gasteiger charge is 2.38. The number of aliphatic hydroxyl groups is 1. The molecule has 0 bridgehead atoms. The molecule has 0 fully saturated rings. The van der Waals surface area contributed by atoms with Crippen LogP contribution in [-0.2, 0) is 0 Å². The van der Waals surface area contributed by atoms with E-state index < -0.39 is 6.10 Å². The summed E-state index contributed by atoms with van der Waals surface area (Å²) in [5.41, 5.74) is 0.606. The predicted octanol–water partition coefficient (Wildman–Crippen LogP) is 3.68. The molecule has 0 aromatic heterocycles. The Hall–Kier alpha value is -0.540. The van der Waals surface area contributed by atoms with E-state index in [-0.39, 0.29) is 5.60 Å². The number of hydrogen-bond acceptors (Lipinski definition) is 2. The molecule has 2 rings (SSSR count). The van der Waals surface area contributed by atoms with Crippen LogP contribution >= 0.6 is 15.9 Å². The number of hydrogen-bond donors (Lipinski definition) is 1. The van der Waals surface area contributed by atoms with Gasteiger partial charge in [0.2, 0.25) is 0 Å². The molecule has 0 saturated carbocycles. The summed E-state index contributed by atoms with van der Waals surface area (Å²) in [5.74, 6) is 1.17. The van der Waals surface area contributed by atoms with Crippen LogP contribution in [0, 0.1) is 5.92 Å². The van der Waals surface area contributed by atoms with E-state index in [0.29, 0.717) is 12.3 Å². The highest BCUT2D eigenvalue weighted by atomic mass is 79.9. The highest BCUT2D eigenvalue weighted by Crippen LogP contribution is 2.43. The summed E-state index contributed by atoms with van der Waals surface area (Å²) < 4.78 is 7.02. The van der Waals surface area contributed by atoms with Gasteiger partial charge >= 0.3 is 0 Å². The van der Waals surface area contributed by atoms with Gasteiger partial charge in [-0.25, -0.2) is 0 Å². The van der Waals surface area contributed by atoms with Crippen LogP contribution in [0.4, 0.5) is 0 Å². The van der Waals surface area contributed by atoms with Gasteiger partial charge in [0.05, 0.1) is 6.10 Å². The summed E-state index contributed by atoms with van der Waals surface area (Å²) in [6, 6.07) is 5.78. The average Bonchev–Trinajstić information content (AvgIpc) is 2.16. The molecule has 0 aliphatic carbocycles. The topological polar surface area (TPSA) is 29.5 Å². The van der Waals surface area contributed by atoms with Crippen molar-refractivity contribution in [3.05, 3.63) is 28.2 Å². The fourth-order valence-corrected chi connectivity index (χ4v) is 2.35. The molecule has 1 aromatic rings. The van der Waals surface area contributed by atoms with Crippen molar-refractivity contribution < 1.29 is 9.84 Å². The largest absolute Gasteiger partial charge is 0.487 e. The van der Waals surface area contributed by atoms with Gasteiger partial charge in [0.15, 0.2) is 0 Å². The summed E-state index contributed by atoms with van der Waals surface area (Å²) in [6.07, 6.45) is 0.225. The van der Waals surface area contributed by atoms with Gasteiger partial charge in [-0.3, -0.25) is 0 Å². The molecule has 1 aliphatic rings. The molecule has 0 amide bonds. The van der Waals surface area contributed by atoms with E-state index in [1.165, 1.54) is 0 Å². The Morgan fingerprint density at radius 1 is 1.50 bits per heavy atom. The van der Waals surface area contributed by atoms with Gasteiger partial charge in [-0.1, -0.05) is 35.8 Å². The van der Waals surface area contributed by atoms with E-state index in [9.17, 15) is 5.11 Å². The summed E-state index contributed by atoms with van der Waals surface area (Å²) in [6.45, 7) is 6.30. The molecule has 16 heavy (non-hydrogen) atoms. The maximum Gasteiger partial charge on any atom is 0.127 e. The zero-order valence-electron chi connectivity index (χ0n) is 9.83. The maximum absolute atomic E-state index is 10.1. The minimum Gasteiger partial charge on any atom is -0.487 e. The van der Waals surface area contributed by atoms with Crippen LogP contribution in [0.2, 0.25) is 0 Å². The molecular formula is C13H17BrO2. The Labute approximate surface area is 105 Å². The molecule has 0 saturated heterocycles. The third-order valence-corrected chi connectivity index (χ3v) is 3.99. The SMILES string of the molecule is CC(C)C1(C)CC(O)c2ccc(Br)cc2O1. The second-order valence-electron chi connectivity index (χ2n) is 4.97. The van der Waals surface area contributed by atoms with Crippen LogP contribution in [0.1, 0.15) is 38.9 Å². The van der Waals surface area contributed by atoms with Crippen LogP contribution < -0.4 is 4.74 Å². The Balaban J connectivity index is 2.42. The summed E-state index contributed by atoms with van der Waals surface area (Å²) >= 11 is 3.42. The monoisotopic (exact) mass is 284 g/mol. The zero-order valence-corrected chi connectivity index (χ0v) is 11.4. The van der Waals surface area contributed by atoms with Gasteiger partial charge in [-0.05, 0) is 25.0 Å². The number of halogens is 1. The van der Waals surface area contributed by atoms with Crippen molar-refractivity contribution in [1.29, 1.82) is 0 Å². The zero-order chi connectivity index (χ0) is 11.9. The minimum atomic E-state index is -0.427. The third-order valence-electron chi connectivity index (χ3n) is 3.50. The van der Waals surface area contributed by atoms with E-state index in [1.807, 2.05) is 18.2 Å². The quantitative estimate of drug-likeness (QED) is 0.853. The van der Waals surface area contributed by atoms with Gasteiger partial charge in [0, 0.05) is 16.5 Å². The van der Waals surface area contributed by atoms with Crippen LogP contribution in [0.3, 0.4) is 0 Å². The second kappa shape index (κ2) is 4.04. The lowest BCUT2D eigenvalue weighted by Crippen LogP contribution is -2.42. The Kier molecular flexibility index (Phi) is 3.01. The van der Waals surface area contributed by atoms with Crippen molar-refractivity contribution in [3.8, 4) is 5.75 Å². The van der Waals surface area contributed by atoms with E-state index in [1.54, 1.807) is 0 Å². The van der Waals surface area contributed by atoms with Crippen LogP contribution in [0.5, 0.6) is 5.75 Å². The minimum absolute atomic E-state index is 0.285. The Morgan fingerprint density at radius 2 is 2.19 bits per heavy atom. The van der Waals surface area contributed by atoms with Gasteiger partial charge in [0.25, 0.3) is 0 Å². The van der Waals surface area contributed by atoms with Crippen LogP contribution in [0.15, 0.2) is 22.7 Å². The van der Waals surface area contributed by atoms with Gasteiger partial charge in [-0.2, -0.15) is 0 Å². The Bertz CT molecular complexity index is 403. The molecule has 2 unspecified atom stereocenters. The fourth-order valence-electron chi connectivity index (χ4n) is 2.01. The molecular weight excluding hydrogens is 268 g/mol. The van der Waals surface area contributed by atoms with Crippen molar-refractivity contribution in [2.24, 2.45) is 5.92 Å². The van der Waals surface area contributed by atoms with E-state index in [0.717, 1.165) is 15.8 Å². The molecule has 0 spiro atoms. The molecule has 2 atom stereocenters. The predicted molar refractivity (Wildman–Crippen MR) is 67.6 cm³/mol. The molecule has 0 radical (unpaired) electrons. The Morgan fingerprint density at radius 3 is 2.81 bits per heavy atom. The normalized spacial score (nSPS) is 28.8. The first-order chi connectivity index (χ1) is 7.42. The maximum atomic E-state index is 10.1. The number of ether oxygens (including phenoxy) is 1. The summed E-state index contributed by atoms with van der Waals surface area (Å²) in [5, 5.41) is 10.1. The molecule has 3 heteroatoms. The lowest BCUT2D eigenvalue weighted by atomic mass is 9.82. The first kappa shape index (κ1) is 11.9. The van der Waals surface area contributed by atoms with E-state index in [2.05, 4.69) is 36.7 Å². The molecule has 1 aliphatic heterocycles. The van der Waals surface area contributed by atoms with Gasteiger partial charge in [0.1, 0.15) is 11.4 Å². The summed E-state index contributed by atoms with van der Waals surface area (Å²) in [4.78, 5) is 0. The standard InChI is InChI=1S/C13H17BrO2/c1-8(2)13(3)7-11(15)10-5-4-9(14)6-12(10)16-13/h4-6,8,11,15H,7H2,1-3H3. The molecule has 1 heterocycles.